The molecular formula is C14H16BrF2N. The highest BCUT2D eigenvalue weighted by molar-refractivity contribution is 9.10. The maximum atomic E-state index is 13.8. The molecule has 1 aromatic rings. The Morgan fingerprint density at radius 1 is 1.00 bits per heavy atom. The van der Waals surface area contributed by atoms with Gasteiger partial charge in [-0.1, -0.05) is 35.2 Å². The Bertz CT molecular complexity index is 438. The minimum atomic E-state index is -0.465. The average molecular weight is 316 g/mol. The molecule has 1 saturated heterocycles. The highest BCUT2D eigenvalue weighted by Crippen LogP contribution is 2.46. The Morgan fingerprint density at radius 2 is 1.56 bits per heavy atom. The quantitative estimate of drug-likeness (QED) is 0.737. The molecule has 1 saturated carbocycles. The van der Waals surface area contributed by atoms with Crippen LogP contribution in [0.25, 0.3) is 0 Å². The first kappa shape index (κ1) is 12.4. The van der Waals surface area contributed by atoms with Crippen LogP contribution in [-0.4, -0.2) is 13.1 Å². The fourth-order valence-electron chi connectivity index (χ4n) is 3.38. The molecule has 1 nitrogen and oxygen atoms in total. The van der Waals surface area contributed by atoms with E-state index in [2.05, 4.69) is 15.9 Å². The van der Waals surface area contributed by atoms with Crippen molar-refractivity contribution in [3.63, 3.8) is 0 Å². The Morgan fingerprint density at radius 3 is 2.11 bits per heavy atom. The van der Waals surface area contributed by atoms with Crippen molar-refractivity contribution in [1.82, 2.24) is 0 Å². The lowest BCUT2D eigenvalue weighted by Gasteiger charge is -2.53. The second-order valence-corrected chi connectivity index (χ2v) is 6.55. The summed E-state index contributed by atoms with van der Waals surface area (Å²) in [6.45, 7) is 1.62. The Hall–Kier alpha value is -0.640. The van der Waals surface area contributed by atoms with Crippen molar-refractivity contribution >= 4 is 21.6 Å². The molecule has 2 fully saturated rings. The number of hydrogen-bond donors (Lipinski definition) is 0. The first-order valence-corrected chi connectivity index (χ1v) is 7.28. The molecule has 1 aliphatic heterocycles. The predicted octanol–water partition coefficient (Wildman–Crippen LogP) is 4.50. The average Bonchev–Trinajstić information content (AvgIpc) is 2.26. The van der Waals surface area contributed by atoms with Gasteiger partial charge in [-0.15, -0.1) is 0 Å². The van der Waals surface area contributed by atoms with Crippen molar-refractivity contribution in [3.05, 3.63) is 28.2 Å². The monoisotopic (exact) mass is 315 g/mol. The van der Waals surface area contributed by atoms with Gasteiger partial charge in [0.05, 0.1) is 0 Å². The highest BCUT2D eigenvalue weighted by atomic mass is 79.9. The van der Waals surface area contributed by atoms with Crippen molar-refractivity contribution in [2.75, 3.05) is 18.0 Å². The summed E-state index contributed by atoms with van der Waals surface area (Å²) in [7, 11) is 0. The van der Waals surface area contributed by atoms with Crippen LogP contribution in [0.5, 0.6) is 0 Å². The number of benzene rings is 1. The van der Waals surface area contributed by atoms with E-state index in [4.69, 9.17) is 0 Å². The Kier molecular flexibility index (Phi) is 3.08. The molecule has 3 rings (SSSR count). The summed E-state index contributed by atoms with van der Waals surface area (Å²) in [5.74, 6) is -0.930. The molecule has 1 aromatic carbocycles. The second kappa shape index (κ2) is 4.48. The number of rotatable bonds is 1. The number of anilines is 1. The molecule has 1 heterocycles. The van der Waals surface area contributed by atoms with Gasteiger partial charge >= 0.3 is 0 Å². The maximum absolute atomic E-state index is 13.8. The van der Waals surface area contributed by atoms with Crippen LogP contribution >= 0.6 is 15.9 Å². The van der Waals surface area contributed by atoms with Gasteiger partial charge in [0.2, 0.25) is 0 Å². The van der Waals surface area contributed by atoms with Crippen molar-refractivity contribution in [2.45, 2.75) is 32.1 Å². The molecule has 0 N–H and O–H groups in total. The van der Waals surface area contributed by atoms with E-state index in [1.807, 2.05) is 4.90 Å². The lowest BCUT2D eigenvalue weighted by atomic mass is 9.68. The van der Waals surface area contributed by atoms with Gasteiger partial charge in [0, 0.05) is 23.0 Å². The van der Waals surface area contributed by atoms with Gasteiger partial charge in [0.25, 0.3) is 0 Å². The van der Waals surface area contributed by atoms with E-state index in [1.54, 1.807) is 0 Å². The number of nitrogens with zero attached hydrogens (tertiary/aromatic N) is 1. The number of halogens is 3. The third-order valence-corrected chi connectivity index (χ3v) is 4.72. The summed E-state index contributed by atoms with van der Waals surface area (Å²) in [4.78, 5) is 1.85. The molecule has 18 heavy (non-hydrogen) atoms. The van der Waals surface area contributed by atoms with Crippen LogP contribution in [-0.2, 0) is 0 Å². The summed E-state index contributed by atoms with van der Waals surface area (Å²) < 4.78 is 28.1. The van der Waals surface area contributed by atoms with Crippen LogP contribution in [0.1, 0.15) is 32.1 Å². The third-order valence-electron chi connectivity index (χ3n) is 4.26. The fraction of sp³-hybridized carbons (Fsp3) is 0.571. The Labute approximate surface area is 114 Å². The fourth-order valence-corrected chi connectivity index (χ4v) is 3.78. The van der Waals surface area contributed by atoms with Gasteiger partial charge in [-0.2, -0.15) is 0 Å². The summed E-state index contributed by atoms with van der Waals surface area (Å²) in [6.07, 6.45) is 6.26. The first-order valence-electron chi connectivity index (χ1n) is 6.49. The normalized spacial score (nSPS) is 22.1. The van der Waals surface area contributed by atoms with Crippen LogP contribution in [0, 0.1) is 17.0 Å². The Balaban J connectivity index is 1.78. The van der Waals surface area contributed by atoms with Crippen LogP contribution in [0.3, 0.4) is 0 Å². The molecule has 1 spiro atoms. The zero-order valence-corrected chi connectivity index (χ0v) is 11.8. The zero-order chi connectivity index (χ0) is 12.8. The molecular weight excluding hydrogens is 300 g/mol. The lowest BCUT2D eigenvalue weighted by Crippen LogP contribution is -2.57. The van der Waals surface area contributed by atoms with Crippen LogP contribution in [0.2, 0.25) is 0 Å². The van der Waals surface area contributed by atoms with Crippen LogP contribution in [0.4, 0.5) is 14.5 Å². The van der Waals surface area contributed by atoms with Gasteiger partial charge in [-0.25, -0.2) is 8.78 Å². The van der Waals surface area contributed by atoms with Gasteiger partial charge in [0.15, 0.2) is 11.6 Å². The van der Waals surface area contributed by atoms with Crippen molar-refractivity contribution < 1.29 is 8.78 Å². The van der Waals surface area contributed by atoms with Crippen molar-refractivity contribution in [3.8, 4) is 0 Å². The molecule has 0 atom stereocenters. The number of hydrogen-bond acceptors (Lipinski definition) is 1. The molecule has 1 aliphatic carbocycles. The largest absolute Gasteiger partial charge is 0.366 e. The molecule has 4 heteroatoms. The minimum absolute atomic E-state index is 0.148. The van der Waals surface area contributed by atoms with E-state index in [-0.39, 0.29) is 5.69 Å². The topological polar surface area (TPSA) is 3.24 Å². The van der Waals surface area contributed by atoms with Gasteiger partial charge < -0.3 is 4.90 Å². The van der Waals surface area contributed by atoms with E-state index in [1.165, 1.54) is 44.2 Å². The van der Waals surface area contributed by atoms with Crippen molar-refractivity contribution in [1.29, 1.82) is 0 Å². The van der Waals surface area contributed by atoms with Crippen LogP contribution in [0.15, 0.2) is 16.6 Å². The zero-order valence-electron chi connectivity index (χ0n) is 10.2. The maximum Gasteiger partial charge on any atom is 0.150 e. The van der Waals surface area contributed by atoms with Crippen molar-refractivity contribution in [2.24, 2.45) is 5.41 Å². The standard InChI is InChI=1S/C14H16BrF2N/c15-10-6-11(16)13(12(17)7-10)18-8-14(9-18)4-2-1-3-5-14/h6-7H,1-5,8-9H2. The predicted molar refractivity (Wildman–Crippen MR) is 71.8 cm³/mol. The first-order chi connectivity index (χ1) is 8.60. The smallest absolute Gasteiger partial charge is 0.150 e. The van der Waals surface area contributed by atoms with E-state index in [0.717, 1.165) is 13.1 Å². The van der Waals surface area contributed by atoms with E-state index < -0.39 is 11.6 Å². The summed E-state index contributed by atoms with van der Waals surface area (Å²) in [5.41, 5.74) is 0.485. The minimum Gasteiger partial charge on any atom is -0.366 e. The van der Waals surface area contributed by atoms with E-state index in [0.29, 0.717) is 9.89 Å². The molecule has 0 radical (unpaired) electrons. The third kappa shape index (κ3) is 2.04. The summed E-state index contributed by atoms with van der Waals surface area (Å²) >= 11 is 3.11. The highest BCUT2D eigenvalue weighted by Gasteiger charge is 2.44. The van der Waals surface area contributed by atoms with Gasteiger partial charge in [-0.05, 0) is 25.0 Å². The second-order valence-electron chi connectivity index (χ2n) is 5.63. The molecule has 0 unspecified atom stereocenters. The molecule has 98 valence electrons. The van der Waals surface area contributed by atoms with Crippen LogP contribution < -0.4 is 4.90 Å². The molecule has 0 bridgehead atoms. The molecule has 2 aliphatic rings. The molecule has 0 aromatic heterocycles. The van der Waals surface area contributed by atoms with Gasteiger partial charge in [0.1, 0.15) is 5.69 Å². The van der Waals surface area contributed by atoms with Gasteiger partial charge in [-0.3, -0.25) is 0 Å². The summed E-state index contributed by atoms with van der Waals surface area (Å²) in [5, 5.41) is 0. The van der Waals surface area contributed by atoms with E-state index in [9.17, 15) is 8.78 Å². The lowest BCUT2D eigenvalue weighted by molar-refractivity contribution is 0.137. The molecule has 0 amide bonds. The van der Waals surface area contributed by atoms with E-state index >= 15 is 0 Å². The SMILES string of the molecule is Fc1cc(Br)cc(F)c1N1CC2(CCCCC2)C1. The summed E-state index contributed by atoms with van der Waals surface area (Å²) in [6, 6.07) is 2.68.